The minimum absolute atomic E-state index is 0.0674. The predicted molar refractivity (Wildman–Crippen MR) is 120 cm³/mol. The molecule has 0 atom stereocenters. The van der Waals surface area contributed by atoms with Crippen molar-refractivity contribution in [3.63, 3.8) is 0 Å². The van der Waals surface area contributed by atoms with Crippen molar-refractivity contribution in [3.8, 4) is 16.9 Å². The molecule has 4 aromatic rings. The molecule has 0 saturated carbocycles. The normalized spacial score (nSPS) is 12.9. The Kier molecular flexibility index (Phi) is 4.40. The standard InChI is InChI=1S/C25H20ClNO3/c1-13-3-4-16-19(24(13)26)11-14(2)18(12-21(28)29)23(16)17-5-6-20-22-15(8-10-30-20)7-9-27-25(17)22/h3-7,9,11H,8,10,12H2,1-2H3,(H,28,29). The Labute approximate surface area is 179 Å². The molecular weight excluding hydrogens is 398 g/mol. The summed E-state index contributed by atoms with van der Waals surface area (Å²) in [6.07, 6.45) is 2.58. The fourth-order valence-electron chi connectivity index (χ4n) is 4.51. The van der Waals surface area contributed by atoms with Crippen molar-refractivity contribution >= 4 is 39.2 Å². The topological polar surface area (TPSA) is 59.4 Å². The summed E-state index contributed by atoms with van der Waals surface area (Å²) in [6, 6.07) is 12.0. The molecule has 5 rings (SSSR count). The first kappa shape index (κ1) is 18.9. The summed E-state index contributed by atoms with van der Waals surface area (Å²) < 4.78 is 5.87. The van der Waals surface area contributed by atoms with Gasteiger partial charge < -0.3 is 9.84 Å². The third kappa shape index (κ3) is 2.83. The number of hydrogen-bond donors (Lipinski definition) is 1. The second-order valence-corrected chi connectivity index (χ2v) is 8.19. The first-order chi connectivity index (χ1) is 14.5. The second kappa shape index (κ2) is 6.99. The van der Waals surface area contributed by atoms with Gasteiger partial charge in [-0.3, -0.25) is 9.78 Å². The molecular formula is C25H20ClNO3. The van der Waals surface area contributed by atoms with Crippen LogP contribution >= 0.6 is 11.6 Å². The number of aryl methyl sites for hydroxylation is 2. The maximum Gasteiger partial charge on any atom is 0.307 e. The lowest BCUT2D eigenvalue weighted by molar-refractivity contribution is -0.136. The second-order valence-electron chi connectivity index (χ2n) is 7.81. The number of halogens is 1. The van der Waals surface area contributed by atoms with E-state index in [0.29, 0.717) is 11.6 Å². The molecule has 0 aliphatic carbocycles. The van der Waals surface area contributed by atoms with Gasteiger partial charge in [0.15, 0.2) is 0 Å². The number of carboxylic acid groups (broad SMARTS) is 1. The molecule has 0 saturated heterocycles. The van der Waals surface area contributed by atoms with Crippen LogP contribution in [0.5, 0.6) is 5.75 Å². The summed E-state index contributed by atoms with van der Waals surface area (Å²) >= 11 is 6.66. The third-order valence-corrected chi connectivity index (χ3v) is 6.45. The fraction of sp³-hybridized carbons (Fsp3) is 0.200. The summed E-state index contributed by atoms with van der Waals surface area (Å²) in [5.41, 5.74) is 6.51. The van der Waals surface area contributed by atoms with Crippen molar-refractivity contribution in [2.24, 2.45) is 0 Å². The summed E-state index contributed by atoms with van der Waals surface area (Å²) in [6.45, 7) is 4.57. The average molecular weight is 418 g/mol. The number of carboxylic acids is 1. The first-order valence-electron chi connectivity index (χ1n) is 9.92. The van der Waals surface area contributed by atoms with E-state index in [-0.39, 0.29) is 6.42 Å². The van der Waals surface area contributed by atoms with Crippen LogP contribution in [-0.4, -0.2) is 22.7 Å². The van der Waals surface area contributed by atoms with E-state index in [1.807, 2.05) is 56.4 Å². The van der Waals surface area contributed by atoms with Crippen LogP contribution in [0.4, 0.5) is 0 Å². The lowest BCUT2D eigenvalue weighted by Gasteiger charge is -2.22. The van der Waals surface area contributed by atoms with Gasteiger partial charge in [0.25, 0.3) is 0 Å². The highest BCUT2D eigenvalue weighted by Gasteiger charge is 2.22. The Bertz CT molecular complexity index is 1350. The summed E-state index contributed by atoms with van der Waals surface area (Å²) in [7, 11) is 0. The van der Waals surface area contributed by atoms with Crippen LogP contribution in [0.25, 0.3) is 32.8 Å². The summed E-state index contributed by atoms with van der Waals surface area (Å²) in [4.78, 5) is 16.4. The van der Waals surface area contributed by atoms with Crippen molar-refractivity contribution in [1.29, 1.82) is 0 Å². The quantitative estimate of drug-likeness (QED) is 0.451. The molecule has 5 heteroatoms. The Balaban J connectivity index is 1.95. The first-order valence-corrected chi connectivity index (χ1v) is 10.3. The summed E-state index contributed by atoms with van der Waals surface area (Å²) in [5.74, 6) is -0.0374. The number of benzene rings is 3. The van der Waals surface area contributed by atoms with E-state index in [2.05, 4.69) is 0 Å². The van der Waals surface area contributed by atoms with Gasteiger partial charge in [-0.25, -0.2) is 0 Å². The molecule has 0 fully saturated rings. The van der Waals surface area contributed by atoms with Crippen LogP contribution in [0.2, 0.25) is 5.02 Å². The monoisotopic (exact) mass is 417 g/mol. The highest BCUT2D eigenvalue weighted by Crippen LogP contribution is 2.43. The Morgan fingerprint density at radius 3 is 2.77 bits per heavy atom. The van der Waals surface area contributed by atoms with Crippen LogP contribution in [0.3, 0.4) is 0 Å². The van der Waals surface area contributed by atoms with E-state index >= 15 is 0 Å². The van der Waals surface area contributed by atoms with Gasteiger partial charge in [0.2, 0.25) is 0 Å². The number of aromatic nitrogens is 1. The van der Waals surface area contributed by atoms with E-state index in [9.17, 15) is 9.90 Å². The van der Waals surface area contributed by atoms with Crippen LogP contribution in [-0.2, 0) is 17.6 Å². The van der Waals surface area contributed by atoms with Crippen LogP contribution in [0.1, 0.15) is 22.3 Å². The highest BCUT2D eigenvalue weighted by atomic mass is 35.5. The van der Waals surface area contributed by atoms with Gasteiger partial charge in [-0.2, -0.15) is 0 Å². The van der Waals surface area contributed by atoms with Crippen molar-refractivity contribution in [1.82, 2.24) is 4.98 Å². The molecule has 1 aliphatic rings. The Morgan fingerprint density at radius 2 is 1.97 bits per heavy atom. The summed E-state index contributed by atoms with van der Waals surface area (Å²) in [5, 5.41) is 13.2. The third-order valence-electron chi connectivity index (χ3n) is 5.95. The molecule has 3 aromatic carbocycles. The minimum Gasteiger partial charge on any atom is -0.493 e. The zero-order valence-electron chi connectivity index (χ0n) is 16.8. The number of fused-ring (bicyclic) bond motifs is 1. The Hall–Kier alpha value is -3.11. The SMILES string of the molecule is Cc1cc2c(Cl)c(C)ccc2c(-c2ccc3c4c(ccnc24)CCO3)c1CC(=O)O. The van der Waals surface area contributed by atoms with Gasteiger partial charge in [0.1, 0.15) is 5.75 Å². The number of ether oxygens (including phenoxy) is 1. The largest absolute Gasteiger partial charge is 0.493 e. The number of carbonyl (C=O) groups is 1. The lowest BCUT2D eigenvalue weighted by Crippen LogP contribution is -2.10. The molecule has 0 radical (unpaired) electrons. The fourth-order valence-corrected chi connectivity index (χ4v) is 4.73. The van der Waals surface area contributed by atoms with Gasteiger partial charge >= 0.3 is 5.97 Å². The minimum atomic E-state index is -0.865. The maximum atomic E-state index is 11.7. The van der Waals surface area contributed by atoms with E-state index < -0.39 is 5.97 Å². The van der Waals surface area contributed by atoms with E-state index in [1.54, 1.807) is 0 Å². The van der Waals surface area contributed by atoms with Gasteiger partial charge in [0.05, 0.1) is 23.6 Å². The Morgan fingerprint density at radius 1 is 1.13 bits per heavy atom. The van der Waals surface area contributed by atoms with E-state index in [0.717, 1.165) is 61.7 Å². The zero-order valence-corrected chi connectivity index (χ0v) is 17.5. The van der Waals surface area contributed by atoms with Gasteiger partial charge in [-0.05, 0) is 71.3 Å². The highest BCUT2D eigenvalue weighted by molar-refractivity contribution is 6.37. The predicted octanol–water partition coefficient (Wildman–Crippen LogP) is 5.89. The molecule has 0 spiro atoms. The van der Waals surface area contributed by atoms with E-state index in [4.69, 9.17) is 21.3 Å². The maximum absolute atomic E-state index is 11.7. The van der Waals surface area contributed by atoms with Crippen LogP contribution in [0.15, 0.2) is 42.6 Å². The molecule has 1 N–H and O–H groups in total. The number of aliphatic carboxylic acids is 1. The number of hydrogen-bond acceptors (Lipinski definition) is 3. The van der Waals surface area contributed by atoms with Gasteiger partial charge in [-0.15, -0.1) is 0 Å². The van der Waals surface area contributed by atoms with Gasteiger partial charge in [0, 0.05) is 29.0 Å². The molecule has 0 amide bonds. The molecule has 0 bridgehead atoms. The number of pyridine rings is 1. The van der Waals surface area contributed by atoms with Crippen molar-refractivity contribution in [2.75, 3.05) is 6.61 Å². The molecule has 150 valence electrons. The van der Waals surface area contributed by atoms with E-state index in [1.165, 1.54) is 5.56 Å². The molecule has 0 unspecified atom stereocenters. The molecule has 1 aliphatic heterocycles. The molecule has 1 aromatic heterocycles. The zero-order chi connectivity index (χ0) is 21.0. The van der Waals surface area contributed by atoms with Crippen LogP contribution in [0, 0.1) is 13.8 Å². The van der Waals surface area contributed by atoms with Gasteiger partial charge in [-0.1, -0.05) is 23.7 Å². The van der Waals surface area contributed by atoms with Crippen molar-refractivity contribution < 1.29 is 14.6 Å². The van der Waals surface area contributed by atoms with Crippen molar-refractivity contribution in [3.05, 3.63) is 69.9 Å². The van der Waals surface area contributed by atoms with Crippen LogP contribution < -0.4 is 4.74 Å². The molecule has 30 heavy (non-hydrogen) atoms. The van der Waals surface area contributed by atoms with Crippen molar-refractivity contribution in [2.45, 2.75) is 26.7 Å². The molecule has 4 nitrogen and oxygen atoms in total. The number of nitrogens with zero attached hydrogens (tertiary/aromatic N) is 1. The smallest absolute Gasteiger partial charge is 0.307 e. The number of rotatable bonds is 3. The molecule has 2 heterocycles. The lowest BCUT2D eigenvalue weighted by atomic mass is 9.86. The average Bonchev–Trinajstić information content (AvgIpc) is 2.73.